The molecule has 24 heavy (non-hydrogen) atoms. The lowest BCUT2D eigenvalue weighted by Crippen LogP contribution is -2.38. The molecule has 2 unspecified atom stereocenters. The lowest BCUT2D eigenvalue weighted by Gasteiger charge is -2.26. The van der Waals surface area contributed by atoms with Crippen LogP contribution >= 0.6 is 0 Å². The molecule has 2 aromatic heterocycles. The first kappa shape index (κ1) is 15.7. The molecule has 1 aliphatic rings. The Bertz CT molecular complexity index is 671. The number of anilines is 2. The minimum Gasteiger partial charge on any atom is -0.294 e. The van der Waals surface area contributed by atoms with Gasteiger partial charge in [-0.2, -0.15) is 0 Å². The van der Waals surface area contributed by atoms with E-state index in [2.05, 4.69) is 30.6 Å². The van der Waals surface area contributed by atoms with Crippen molar-refractivity contribution in [3.8, 4) is 0 Å². The summed E-state index contributed by atoms with van der Waals surface area (Å²) < 4.78 is 0. The zero-order valence-corrected chi connectivity index (χ0v) is 12.8. The Balaban J connectivity index is 1.70. The summed E-state index contributed by atoms with van der Waals surface area (Å²) in [5, 5.41) is 5.31. The van der Waals surface area contributed by atoms with Crippen LogP contribution in [0.15, 0.2) is 49.1 Å². The summed E-state index contributed by atoms with van der Waals surface area (Å²) in [6.45, 7) is 0. The molecule has 122 valence electrons. The SMILES string of the molecule is O=C(Nc1ncccn1)C1CC=CCC1C(=O)Nc1ncccn1. The van der Waals surface area contributed by atoms with Crippen molar-refractivity contribution < 1.29 is 9.59 Å². The minimum atomic E-state index is -0.498. The third kappa shape index (κ3) is 3.78. The number of rotatable bonds is 4. The Morgan fingerprint density at radius 2 is 1.12 bits per heavy atom. The van der Waals surface area contributed by atoms with E-state index in [1.165, 1.54) is 0 Å². The van der Waals surface area contributed by atoms with E-state index in [4.69, 9.17) is 0 Å². The standard InChI is InChI=1S/C16H16N6O2/c23-13(21-15-17-7-3-8-18-15)11-5-1-2-6-12(11)14(24)22-16-19-9-4-10-20-16/h1-4,7-12H,5-6H2,(H,17,18,21,23)(H,19,20,22,24). The second kappa shape index (κ2) is 7.40. The average Bonchev–Trinajstić information content (AvgIpc) is 2.63. The van der Waals surface area contributed by atoms with Crippen molar-refractivity contribution in [3.63, 3.8) is 0 Å². The van der Waals surface area contributed by atoms with Crippen LogP contribution < -0.4 is 10.6 Å². The molecule has 0 bridgehead atoms. The van der Waals surface area contributed by atoms with Crippen molar-refractivity contribution >= 4 is 23.7 Å². The normalized spacial score (nSPS) is 19.5. The summed E-state index contributed by atoms with van der Waals surface area (Å²) in [4.78, 5) is 40.9. The Hall–Kier alpha value is -3.16. The molecule has 8 heteroatoms. The van der Waals surface area contributed by atoms with E-state index in [0.29, 0.717) is 12.8 Å². The molecular formula is C16H16N6O2. The third-order valence-corrected chi connectivity index (χ3v) is 3.71. The zero-order chi connectivity index (χ0) is 16.8. The number of aromatic nitrogens is 4. The maximum absolute atomic E-state index is 12.5. The Labute approximate surface area is 138 Å². The summed E-state index contributed by atoms with van der Waals surface area (Å²) in [5.41, 5.74) is 0. The highest BCUT2D eigenvalue weighted by Gasteiger charge is 2.34. The van der Waals surface area contributed by atoms with E-state index in [1.807, 2.05) is 12.2 Å². The van der Waals surface area contributed by atoms with Crippen LogP contribution in [0, 0.1) is 11.8 Å². The molecule has 0 aromatic carbocycles. The molecule has 3 rings (SSSR count). The molecule has 2 N–H and O–H groups in total. The molecule has 0 fully saturated rings. The van der Waals surface area contributed by atoms with Gasteiger partial charge in [-0.1, -0.05) is 12.2 Å². The molecule has 2 aromatic rings. The molecule has 1 aliphatic carbocycles. The van der Waals surface area contributed by atoms with E-state index in [0.717, 1.165) is 0 Å². The minimum absolute atomic E-state index is 0.225. The molecule has 0 saturated heterocycles. The van der Waals surface area contributed by atoms with Crippen molar-refractivity contribution in [2.45, 2.75) is 12.8 Å². The van der Waals surface area contributed by atoms with Crippen LogP contribution in [-0.4, -0.2) is 31.8 Å². The van der Waals surface area contributed by atoms with Gasteiger partial charge in [0.05, 0.1) is 11.8 Å². The van der Waals surface area contributed by atoms with Gasteiger partial charge in [-0.05, 0) is 25.0 Å². The van der Waals surface area contributed by atoms with E-state index >= 15 is 0 Å². The number of amides is 2. The maximum atomic E-state index is 12.5. The van der Waals surface area contributed by atoms with Crippen molar-refractivity contribution in [3.05, 3.63) is 49.1 Å². The van der Waals surface area contributed by atoms with Crippen molar-refractivity contribution in [1.29, 1.82) is 0 Å². The van der Waals surface area contributed by atoms with Crippen LogP contribution in [0.2, 0.25) is 0 Å². The molecule has 8 nitrogen and oxygen atoms in total. The Morgan fingerprint density at radius 1 is 0.750 bits per heavy atom. The first-order valence-corrected chi connectivity index (χ1v) is 7.55. The summed E-state index contributed by atoms with van der Waals surface area (Å²) in [7, 11) is 0. The van der Waals surface area contributed by atoms with Crippen LogP contribution in [0.1, 0.15) is 12.8 Å². The van der Waals surface area contributed by atoms with Crippen LogP contribution in [0.25, 0.3) is 0 Å². The fourth-order valence-corrected chi connectivity index (χ4v) is 2.53. The fourth-order valence-electron chi connectivity index (χ4n) is 2.53. The third-order valence-electron chi connectivity index (χ3n) is 3.71. The monoisotopic (exact) mass is 324 g/mol. The molecule has 2 amide bonds. The second-order valence-electron chi connectivity index (χ2n) is 5.28. The molecule has 0 aliphatic heterocycles. The van der Waals surface area contributed by atoms with Gasteiger partial charge in [0.15, 0.2) is 0 Å². The van der Waals surface area contributed by atoms with E-state index in [-0.39, 0.29) is 23.7 Å². The number of hydrogen-bond acceptors (Lipinski definition) is 6. The molecule has 2 atom stereocenters. The second-order valence-corrected chi connectivity index (χ2v) is 5.28. The maximum Gasteiger partial charge on any atom is 0.230 e. The first-order chi connectivity index (χ1) is 11.7. The van der Waals surface area contributed by atoms with Crippen LogP contribution in [0.3, 0.4) is 0 Å². The summed E-state index contributed by atoms with van der Waals surface area (Å²) in [6.07, 6.45) is 10.9. The number of carbonyl (C=O) groups excluding carboxylic acids is 2. The van der Waals surface area contributed by atoms with Gasteiger partial charge < -0.3 is 0 Å². The van der Waals surface area contributed by atoms with E-state index < -0.39 is 11.8 Å². The predicted octanol–water partition coefficient (Wildman–Crippen LogP) is 1.43. The summed E-state index contributed by atoms with van der Waals surface area (Å²) in [6, 6.07) is 3.32. The van der Waals surface area contributed by atoms with E-state index in [9.17, 15) is 9.59 Å². The van der Waals surface area contributed by atoms with Gasteiger partial charge in [0.1, 0.15) is 0 Å². The quantitative estimate of drug-likeness (QED) is 0.823. The molecule has 0 saturated carbocycles. The zero-order valence-electron chi connectivity index (χ0n) is 12.8. The van der Waals surface area contributed by atoms with Crippen molar-refractivity contribution in [2.75, 3.05) is 10.6 Å². The summed E-state index contributed by atoms with van der Waals surface area (Å²) in [5.74, 6) is -1.10. The van der Waals surface area contributed by atoms with Gasteiger partial charge in [-0.3, -0.25) is 20.2 Å². The van der Waals surface area contributed by atoms with Gasteiger partial charge >= 0.3 is 0 Å². The molecule has 2 heterocycles. The Kier molecular flexibility index (Phi) is 4.85. The molecule has 0 spiro atoms. The highest BCUT2D eigenvalue weighted by molar-refractivity contribution is 5.98. The molecular weight excluding hydrogens is 308 g/mol. The van der Waals surface area contributed by atoms with Gasteiger partial charge in [0.25, 0.3) is 0 Å². The number of hydrogen-bond donors (Lipinski definition) is 2. The molecule has 0 radical (unpaired) electrons. The van der Waals surface area contributed by atoms with Crippen LogP contribution in [0.5, 0.6) is 0 Å². The fraction of sp³-hybridized carbons (Fsp3) is 0.250. The average molecular weight is 324 g/mol. The Morgan fingerprint density at radius 3 is 1.50 bits per heavy atom. The lowest BCUT2D eigenvalue weighted by molar-refractivity contribution is -0.129. The van der Waals surface area contributed by atoms with Gasteiger partial charge in [-0.15, -0.1) is 0 Å². The lowest BCUT2D eigenvalue weighted by atomic mass is 9.81. The number of allylic oxidation sites excluding steroid dienone is 2. The van der Waals surface area contributed by atoms with Crippen LogP contribution in [0.4, 0.5) is 11.9 Å². The van der Waals surface area contributed by atoms with Crippen LogP contribution in [-0.2, 0) is 9.59 Å². The highest BCUT2D eigenvalue weighted by Crippen LogP contribution is 2.27. The predicted molar refractivity (Wildman–Crippen MR) is 86.7 cm³/mol. The topological polar surface area (TPSA) is 110 Å². The highest BCUT2D eigenvalue weighted by atomic mass is 16.2. The van der Waals surface area contributed by atoms with Gasteiger partial charge in [0, 0.05) is 24.8 Å². The number of carbonyl (C=O) groups is 2. The van der Waals surface area contributed by atoms with E-state index in [1.54, 1.807) is 36.9 Å². The van der Waals surface area contributed by atoms with Gasteiger partial charge in [-0.25, -0.2) is 19.9 Å². The first-order valence-electron chi connectivity index (χ1n) is 7.55. The smallest absolute Gasteiger partial charge is 0.230 e. The van der Waals surface area contributed by atoms with Gasteiger partial charge in [0.2, 0.25) is 23.7 Å². The van der Waals surface area contributed by atoms with Crippen molar-refractivity contribution in [1.82, 2.24) is 19.9 Å². The summed E-state index contributed by atoms with van der Waals surface area (Å²) >= 11 is 0. The van der Waals surface area contributed by atoms with Crippen molar-refractivity contribution in [2.24, 2.45) is 11.8 Å². The largest absolute Gasteiger partial charge is 0.294 e. The number of nitrogens with one attached hydrogen (secondary N) is 2. The number of nitrogens with zero attached hydrogens (tertiary/aromatic N) is 4.